The number of aromatic nitrogens is 1. The van der Waals surface area contributed by atoms with Crippen LogP contribution in [0.5, 0.6) is 0 Å². The molecule has 0 saturated carbocycles. The standard InChI is InChI=1S/C12H13N3O3/c1-17-12(16)10-8-18-5-4-15(10)11-3-2-9(6-13)7-14-11/h2-3,7,10H,4-5,8H2,1H3. The Morgan fingerprint density at radius 2 is 2.50 bits per heavy atom. The van der Waals surface area contributed by atoms with E-state index in [0.717, 1.165) is 0 Å². The minimum Gasteiger partial charge on any atom is -0.467 e. The highest BCUT2D eigenvalue weighted by Gasteiger charge is 2.31. The van der Waals surface area contributed by atoms with E-state index in [9.17, 15) is 4.79 Å². The molecule has 1 atom stereocenters. The molecule has 0 aliphatic carbocycles. The van der Waals surface area contributed by atoms with Gasteiger partial charge in [0.1, 0.15) is 11.9 Å². The van der Waals surface area contributed by atoms with Crippen LogP contribution in [-0.2, 0) is 14.3 Å². The minimum atomic E-state index is -0.482. The predicted molar refractivity (Wildman–Crippen MR) is 62.9 cm³/mol. The molecule has 0 amide bonds. The van der Waals surface area contributed by atoms with Crippen LogP contribution in [-0.4, -0.2) is 43.9 Å². The maximum Gasteiger partial charge on any atom is 0.330 e. The lowest BCUT2D eigenvalue weighted by Gasteiger charge is -2.34. The molecule has 2 heterocycles. The van der Waals surface area contributed by atoms with Gasteiger partial charge in [-0.2, -0.15) is 5.26 Å². The summed E-state index contributed by atoms with van der Waals surface area (Å²) in [5.41, 5.74) is 0.488. The van der Waals surface area contributed by atoms with E-state index in [1.807, 2.05) is 11.0 Å². The Labute approximate surface area is 105 Å². The van der Waals surface area contributed by atoms with Crippen molar-refractivity contribution in [2.75, 3.05) is 31.8 Å². The first kappa shape index (κ1) is 12.3. The van der Waals surface area contributed by atoms with Gasteiger partial charge in [0.05, 0.1) is 25.9 Å². The van der Waals surface area contributed by atoms with Crippen LogP contribution in [0, 0.1) is 11.3 Å². The van der Waals surface area contributed by atoms with Gasteiger partial charge in [-0.25, -0.2) is 9.78 Å². The molecule has 1 aromatic heterocycles. The van der Waals surface area contributed by atoms with Crippen molar-refractivity contribution in [2.24, 2.45) is 0 Å². The summed E-state index contributed by atoms with van der Waals surface area (Å²) < 4.78 is 10.0. The molecular weight excluding hydrogens is 234 g/mol. The Bertz CT molecular complexity index is 466. The van der Waals surface area contributed by atoms with E-state index in [1.54, 1.807) is 12.1 Å². The first-order valence-electron chi connectivity index (χ1n) is 5.54. The SMILES string of the molecule is COC(=O)C1COCCN1c1ccc(C#N)cn1. The Balaban J connectivity index is 2.22. The van der Waals surface area contributed by atoms with Gasteiger partial charge in [0.2, 0.25) is 0 Å². The lowest BCUT2D eigenvalue weighted by Crippen LogP contribution is -2.50. The van der Waals surface area contributed by atoms with Crippen molar-refractivity contribution in [3.63, 3.8) is 0 Å². The van der Waals surface area contributed by atoms with Crippen LogP contribution in [0.1, 0.15) is 5.56 Å². The van der Waals surface area contributed by atoms with E-state index in [0.29, 0.717) is 24.5 Å². The molecule has 1 unspecified atom stereocenters. The van der Waals surface area contributed by atoms with Crippen LogP contribution in [0.4, 0.5) is 5.82 Å². The highest BCUT2D eigenvalue weighted by atomic mass is 16.5. The lowest BCUT2D eigenvalue weighted by molar-refractivity contribution is -0.144. The molecule has 0 N–H and O–H groups in total. The van der Waals surface area contributed by atoms with Crippen molar-refractivity contribution < 1.29 is 14.3 Å². The average Bonchev–Trinajstić information content (AvgIpc) is 2.46. The van der Waals surface area contributed by atoms with Crippen molar-refractivity contribution >= 4 is 11.8 Å². The van der Waals surface area contributed by atoms with Gasteiger partial charge in [0, 0.05) is 12.7 Å². The molecule has 0 aromatic carbocycles. The van der Waals surface area contributed by atoms with Crippen LogP contribution in [0.2, 0.25) is 0 Å². The fourth-order valence-electron chi connectivity index (χ4n) is 1.83. The Morgan fingerprint density at radius 1 is 1.67 bits per heavy atom. The highest BCUT2D eigenvalue weighted by Crippen LogP contribution is 2.18. The number of morpholine rings is 1. The number of esters is 1. The Kier molecular flexibility index (Phi) is 3.75. The first-order valence-corrected chi connectivity index (χ1v) is 5.54. The average molecular weight is 247 g/mol. The monoisotopic (exact) mass is 247 g/mol. The zero-order valence-electron chi connectivity index (χ0n) is 10.00. The summed E-state index contributed by atoms with van der Waals surface area (Å²) >= 11 is 0. The van der Waals surface area contributed by atoms with Crippen LogP contribution < -0.4 is 4.90 Å². The summed E-state index contributed by atoms with van der Waals surface area (Å²) in [7, 11) is 1.35. The van der Waals surface area contributed by atoms with Gasteiger partial charge in [0.15, 0.2) is 6.04 Å². The lowest BCUT2D eigenvalue weighted by atomic mass is 10.2. The molecular formula is C12H13N3O3. The van der Waals surface area contributed by atoms with Crippen LogP contribution in [0.25, 0.3) is 0 Å². The molecule has 0 bridgehead atoms. The second kappa shape index (κ2) is 5.47. The van der Waals surface area contributed by atoms with Gasteiger partial charge in [0.25, 0.3) is 0 Å². The molecule has 1 fully saturated rings. The van der Waals surface area contributed by atoms with Crippen LogP contribution in [0.3, 0.4) is 0 Å². The maximum absolute atomic E-state index is 11.6. The summed E-state index contributed by atoms with van der Waals surface area (Å²) in [6.07, 6.45) is 1.49. The largest absolute Gasteiger partial charge is 0.467 e. The summed E-state index contributed by atoms with van der Waals surface area (Å²) in [6, 6.07) is 4.92. The Hall–Kier alpha value is -2.13. The van der Waals surface area contributed by atoms with E-state index in [2.05, 4.69) is 4.98 Å². The van der Waals surface area contributed by atoms with E-state index < -0.39 is 6.04 Å². The van der Waals surface area contributed by atoms with E-state index >= 15 is 0 Å². The van der Waals surface area contributed by atoms with Gasteiger partial charge in [-0.1, -0.05) is 0 Å². The number of hydrogen-bond acceptors (Lipinski definition) is 6. The maximum atomic E-state index is 11.6. The molecule has 1 aliphatic heterocycles. The molecule has 1 aromatic rings. The summed E-state index contributed by atoms with van der Waals surface area (Å²) in [5.74, 6) is 0.300. The smallest absolute Gasteiger partial charge is 0.330 e. The first-order chi connectivity index (χ1) is 8.76. The summed E-state index contributed by atoms with van der Waals surface area (Å²) in [6.45, 7) is 1.39. The third kappa shape index (κ3) is 2.41. The number of pyridine rings is 1. The van der Waals surface area contributed by atoms with Crippen molar-refractivity contribution in [2.45, 2.75) is 6.04 Å². The number of carbonyl (C=O) groups excluding carboxylic acids is 1. The van der Waals surface area contributed by atoms with Gasteiger partial charge < -0.3 is 14.4 Å². The van der Waals surface area contributed by atoms with E-state index in [4.69, 9.17) is 14.7 Å². The van der Waals surface area contributed by atoms with Crippen molar-refractivity contribution in [3.8, 4) is 6.07 Å². The number of anilines is 1. The molecule has 18 heavy (non-hydrogen) atoms. The van der Waals surface area contributed by atoms with Crippen LogP contribution >= 0.6 is 0 Å². The molecule has 0 radical (unpaired) electrons. The summed E-state index contributed by atoms with van der Waals surface area (Å²) in [5, 5.41) is 8.72. The number of nitriles is 1. The third-order valence-corrected chi connectivity index (χ3v) is 2.77. The number of methoxy groups -OCH3 is 1. The molecule has 1 saturated heterocycles. The number of hydrogen-bond donors (Lipinski definition) is 0. The zero-order chi connectivity index (χ0) is 13.0. The molecule has 2 rings (SSSR count). The second-order valence-electron chi connectivity index (χ2n) is 3.82. The highest BCUT2D eigenvalue weighted by molar-refractivity contribution is 5.80. The van der Waals surface area contributed by atoms with Gasteiger partial charge in [-0.05, 0) is 12.1 Å². The quantitative estimate of drug-likeness (QED) is 0.701. The van der Waals surface area contributed by atoms with E-state index in [1.165, 1.54) is 13.3 Å². The molecule has 1 aliphatic rings. The van der Waals surface area contributed by atoms with Gasteiger partial charge in [-0.15, -0.1) is 0 Å². The molecule has 6 heteroatoms. The van der Waals surface area contributed by atoms with Crippen molar-refractivity contribution in [3.05, 3.63) is 23.9 Å². The molecule has 6 nitrogen and oxygen atoms in total. The normalized spacial score (nSPS) is 19.1. The van der Waals surface area contributed by atoms with Crippen molar-refractivity contribution in [1.29, 1.82) is 5.26 Å². The minimum absolute atomic E-state index is 0.286. The number of rotatable bonds is 2. The zero-order valence-corrected chi connectivity index (χ0v) is 10.00. The fourth-order valence-corrected chi connectivity index (χ4v) is 1.83. The van der Waals surface area contributed by atoms with Gasteiger partial charge >= 0.3 is 5.97 Å². The molecule has 94 valence electrons. The van der Waals surface area contributed by atoms with Crippen LogP contribution in [0.15, 0.2) is 18.3 Å². The number of nitrogens with zero attached hydrogens (tertiary/aromatic N) is 3. The number of ether oxygens (including phenoxy) is 2. The second-order valence-corrected chi connectivity index (χ2v) is 3.82. The predicted octanol–water partition coefficient (Wildman–Crippen LogP) is 0.331. The number of carbonyl (C=O) groups is 1. The third-order valence-electron chi connectivity index (χ3n) is 2.77. The Morgan fingerprint density at radius 3 is 3.11 bits per heavy atom. The molecule has 0 spiro atoms. The summed E-state index contributed by atoms with van der Waals surface area (Å²) in [4.78, 5) is 17.7. The van der Waals surface area contributed by atoms with Gasteiger partial charge in [-0.3, -0.25) is 0 Å². The van der Waals surface area contributed by atoms with E-state index in [-0.39, 0.29) is 12.6 Å². The fraction of sp³-hybridized carbons (Fsp3) is 0.417. The topological polar surface area (TPSA) is 75.5 Å². The van der Waals surface area contributed by atoms with Crippen molar-refractivity contribution in [1.82, 2.24) is 4.98 Å².